The first kappa shape index (κ1) is 7.82. The van der Waals surface area contributed by atoms with Crippen LogP contribution in [0.15, 0.2) is 6.20 Å². The molecule has 0 spiro atoms. The van der Waals surface area contributed by atoms with Crippen molar-refractivity contribution >= 4 is 12.7 Å². The molecule has 1 heterocycles. The molecule has 1 aliphatic rings. The second kappa shape index (κ2) is 2.60. The van der Waals surface area contributed by atoms with E-state index < -0.39 is 7.12 Å². The molecule has 1 aromatic rings. The lowest BCUT2D eigenvalue weighted by atomic mass is 9.82. The van der Waals surface area contributed by atoms with Crippen LogP contribution < -0.4 is 5.59 Å². The Balaban J connectivity index is 2.39. The van der Waals surface area contributed by atoms with E-state index in [1.54, 1.807) is 13.2 Å². The maximum Gasteiger partial charge on any atom is 0.508 e. The van der Waals surface area contributed by atoms with Gasteiger partial charge in [0.1, 0.15) is 0 Å². The summed E-state index contributed by atoms with van der Waals surface area (Å²) < 4.78 is 1.53. The zero-order valence-corrected chi connectivity index (χ0v) is 6.94. The average molecular weight is 166 g/mol. The predicted octanol–water partition coefficient (Wildman–Crippen LogP) is -1.02. The molecule has 2 N–H and O–H groups in total. The zero-order chi connectivity index (χ0) is 8.72. The molecule has 1 fully saturated rings. The van der Waals surface area contributed by atoms with Gasteiger partial charge in [-0.3, -0.25) is 4.68 Å². The lowest BCUT2D eigenvalue weighted by molar-refractivity contribution is 0.421. The minimum atomic E-state index is -1.40. The van der Waals surface area contributed by atoms with Crippen LogP contribution in [0.2, 0.25) is 0 Å². The lowest BCUT2D eigenvalue weighted by Crippen LogP contribution is -2.37. The lowest BCUT2D eigenvalue weighted by Gasteiger charge is -2.02. The van der Waals surface area contributed by atoms with Crippen LogP contribution in [-0.4, -0.2) is 26.9 Å². The van der Waals surface area contributed by atoms with Crippen LogP contribution in [0.25, 0.3) is 0 Å². The van der Waals surface area contributed by atoms with Crippen molar-refractivity contribution in [2.45, 2.75) is 18.8 Å². The van der Waals surface area contributed by atoms with Crippen molar-refractivity contribution in [3.63, 3.8) is 0 Å². The van der Waals surface area contributed by atoms with E-state index in [9.17, 15) is 0 Å². The van der Waals surface area contributed by atoms with Gasteiger partial charge in [-0.1, -0.05) is 0 Å². The monoisotopic (exact) mass is 166 g/mol. The van der Waals surface area contributed by atoms with E-state index in [4.69, 9.17) is 10.0 Å². The fraction of sp³-hybridized carbons (Fsp3) is 0.571. The summed E-state index contributed by atoms with van der Waals surface area (Å²) in [6.45, 7) is 0. The van der Waals surface area contributed by atoms with Crippen molar-refractivity contribution in [1.29, 1.82) is 0 Å². The van der Waals surface area contributed by atoms with Crippen molar-refractivity contribution in [2.24, 2.45) is 7.05 Å². The number of aromatic nitrogens is 2. The van der Waals surface area contributed by atoms with Gasteiger partial charge in [0.15, 0.2) is 0 Å². The molecule has 0 atom stereocenters. The van der Waals surface area contributed by atoms with Gasteiger partial charge in [0, 0.05) is 7.05 Å². The second-order valence-electron chi connectivity index (χ2n) is 3.26. The van der Waals surface area contributed by atoms with Crippen LogP contribution in [0, 0.1) is 0 Å². The van der Waals surface area contributed by atoms with E-state index in [2.05, 4.69) is 5.10 Å². The molecule has 12 heavy (non-hydrogen) atoms. The molecule has 0 bridgehead atoms. The zero-order valence-electron chi connectivity index (χ0n) is 6.94. The van der Waals surface area contributed by atoms with E-state index in [1.807, 2.05) is 0 Å². The molecule has 2 rings (SSSR count). The Kier molecular flexibility index (Phi) is 1.70. The first-order valence-corrected chi connectivity index (χ1v) is 4.08. The quantitative estimate of drug-likeness (QED) is 0.552. The van der Waals surface area contributed by atoms with Crippen molar-refractivity contribution in [2.75, 3.05) is 0 Å². The molecule has 1 aromatic heterocycles. The molecule has 0 unspecified atom stereocenters. The molecular formula is C7H11BN2O2. The van der Waals surface area contributed by atoms with Gasteiger partial charge in [0.05, 0.1) is 11.8 Å². The summed E-state index contributed by atoms with van der Waals surface area (Å²) in [5.41, 5.74) is 1.53. The van der Waals surface area contributed by atoms with E-state index in [0.29, 0.717) is 11.5 Å². The van der Waals surface area contributed by atoms with Crippen molar-refractivity contribution in [3.05, 3.63) is 11.8 Å². The summed E-state index contributed by atoms with van der Waals surface area (Å²) in [4.78, 5) is 0. The molecular weight excluding hydrogens is 155 g/mol. The van der Waals surface area contributed by atoms with Crippen molar-refractivity contribution < 1.29 is 10.0 Å². The highest BCUT2D eigenvalue weighted by atomic mass is 16.4. The molecule has 0 aliphatic heterocycles. The SMILES string of the molecule is Cn1ncc(C2CC2)c1B(O)O. The van der Waals surface area contributed by atoms with Crippen molar-refractivity contribution in [1.82, 2.24) is 9.78 Å². The van der Waals surface area contributed by atoms with Crippen LogP contribution in [0.4, 0.5) is 0 Å². The normalized spacial score (nSPS) is 16.6. The number of hydrogen-bond donors (Lipinski definition) is 2. The maximum absolute atomic E-state index is 9.05. The fourth-order valence-electron chi connectivity index (χ4n) is 1.49. The Bertz CT molecular complexity index is 294. The van der Waals surface area contributed by atoms with Gasteiger partial charge in [-0.05, 0) is 24.3 Å². The molecule has 0 saturated heterocycles. The van der Waals surface area contributed by atoms with Crippen LogP contribution >= 0.6 is 0 Å². The molecule has 64 valence electrons. The Hall–Kier alpha value is -0.805. The third-order valence-electron chi connectivity index (χ3n) is 2.28. The largest absolute Gasteiger partial charge is 0.508 e. The Labute approximate surface area is 71.0 Å². The van der Waals surface area contributed by atoms with E-state index >= 15 is 0 Å². The molecule has 0 amide bonds. The van der Waals surface area contributed by atoms with Gasteiger partial charge in [0.2, 0.25) is 0 Å². The van der Waals surface area contributed by atoms with Crippen LogP contribution in [0.3, 0.4) is 0 Å². The summed E-state index contributed by atoms with van der Waals surface area (Å²) in [6.07, 6.45) is 4.02. The summed E-state index contributed by atoms with van der Waals surface area (Å²) in [5, 5.41) is 22.1. The van der Waals surface area contributed by atoms with E-state index in [-0.39, 0.29) is 0 Å². The standard InChI is InChI=1S/C7H11BN2O2/c1-10-7(8(11)12)6(4-9-10)5-2-3-5/h4-5,11-12H,2-3H2,1H3. The van der Waals surface area contributed by atoms with Gasteiger partial charge >= 0.3 is 7.12 Å². The Morgan fingerprint density at radius 2 is 2.25 bits per heavy atom. The number of aryl methyl sites for hydroxylation is 1. The topological polar surface area (TPSA) is 58.3 Å². The third-order valence-corrected chi connectivity index (χ3v) is 2.28. The summed E-state index contributed by atoms with van der Waals surface area (Å²) >= 11 is 0. The summed E-state index contributed by atoms with van der Waals surface area (Å²) in [6, 6.07) is 0. The minimum Gasteiger partial charge on any atom is -0.422 e. The molecule has 1 aliphatic carbocycles. The molecule has 0 radical (unpaired) electrons. The van der Waals surface area contributed by atoms with Crippen molar-refractivity contribution in [3.8, 4) is 0 Å². The molecule has 5 heteroatoms. The highest BCUT2D eigenvalue weighted by molar-refractivity contribution is 6.58. The second-order valence-corrected chi connectivity index (χ2v) is 3.26. The Morgan fingerprint density at radius 3 is 2.75 bits per heavy atom. The molecule has 1 saturated carbocycles. The number of rotatable bonds is 2. The van der Waals surface area contributed by atoms with Crippen LogP contribution in [-0.2, 0) is 7.05 Å². The van der Waals surface area contributed by atoms with E-state index in [0.717, 1.165) is 18.4 Å². The summed E-state index contributed by atoms with van der Waals surface area (Å²) in [7, 11) is 0.328. The third kappa shape index (κ3) is 1.15. The average Bonchev–Trinajstić information content (AvgIpc) is 2.75. The van der Waals surface area contributed by atoms with Crippen LogP contribution in [0.1, 0.15) is 24.3 Å². The summed E-state index contributed by atoms with van der Waals surface area (Å²) in [5.74, 6) is 0.510. The minimum absolute atomic E-state index is 0.510. The number of nitrogens with zero attached hydrogens (tertiary/aromatic N) is 2. The first-order valence-electron chi connectivity index (χ1n) is 4.08. The van der Waals surface area contributed by atoms with Gasteiger partial charge < -0.3 is 10.0 Å². The highest BCUT2D eigenvalue weighted by Crippen LogP contribution is 2.38. The van der Waals surface area contributed by atoms with E-state index in [1.165, 1.54) is 4.68 Å². The predicted molar refractivity (Wildman–Crippen MR) is 45.0 cm³/mol. The smallest absolute Gasteiger partial charge is 0.422 e. The molecule has 4 nitrogen and oxygen atoms in total. The highest BCUT2D eigenvalue weighted by Gasteiger charge is 2.32. The maximum atomic E-state index is 9.05. The number of hydrogen-bond acceptors (Lipinski definition) is 3. The Morgan fingerprint density at radius 1 is 1.58 bits per heavy atom. The van der Waals surface area contributed by atoms with Crippen LogP contribution in [0.5, 0.6) is 0 Å². The van der Waals surface area contributed by atoms with Gasteiger partial charge in [0.25, 0.3) is 0 Å². The van der Waals surface area contributed by atoms with Gasteiger partial charge in [-0.2, -0.15) is 5.10 Å². The van der Waals surface area contributed by atoms with Gasteiger partial charge in [-0.25, -0.2) is 0 Å². The van der Waals surface area contributed by atoms with Gasteiger partial charge in [-0.15, -0.1) is 0 Å². The molecule has 0 aromatic carbocycles. The first-order chi connectivity index (χ1) is 5.70. The fourth-order valence-corrected chi connectivity index (χ4v) is 1.49.